The molecule has 0 spiro atoms. The van der Waals surface area contributed by atoms with Gasteiger partial charge in [0.1, 0.15) is 0 Å². The molecule has 2 aromatic rings. The molecule has 0 fully saturated rings. The number of aryl methyl sites for hydroxylation is 2. The second-order valence-corrected chi connectivity index (χ2v) is 4.83. The normalized spacial score (nSPS) is 11.6. The van der Waals surface area contributed by atoms with E-state index in [-0.39, 0.29) is 17.9 Å². The first kappa shape index (κ1) is 15.4. The zero-order chi connectivity index (χ0) is 15.6. The van der Waals surface area contributed by atoms with Crippen LogP contribution in [-0.4, -0.2) is 10.2 Å². The molecule has 0 amide bonds. The number of hydrogen-bond donors (Lipinski definition) is 2. The van der Waals surface area contributed by atoms with Crippen molar-refractivity contribution >= 4 is 11.6 Å². The molecule has 21 heavy (non-hydrogen) atoms. The van der Waals surface area contributed by atoms with Crippen LogP contribution in [0.3, 0.4) is 0 Å². The van der Waals surface area contributed by atoms with E-state index in [0.29, 0.717) is 11.3 Å². The molecule has 112 valence electrons. The number of halogens is 4. The first-order valence-electron chi connectivity index (χ1n) is 5.94. The highest BCUT2D eigenvalue weighted by atomic mass is 35.5. The van der Waals surface area contributed by atoms with Crippen LogP contribution in [0, 0.1) is 0 Å². The van der Waals surface area contributed by atoms with Crippen molar-refractivity contribution in [2.75, 3.05) is 0 Å². The lowest BCUT2D eigenvalue weighted by atomic mass is 10.0. The van der Waals surface area contributed by atoms with Gasteiger partial charge in [-0.15, -0.1) is 0 Å². The van der Waals surface area contributed by atoms with Gasteiger partial charge in [-0.1, -0.05) is 17.7 Å². The molecule has 0 bridgehead atoms. The van der Waals surface area contributed by atoms with Crippen molar-refractivity contribution in [1.29, 1.82) is 0 Å². The van der Waals surface area contributed by atoms with Crippen molar-refractivity contribution in [3.63, 3.8) is 0 Å². The average Bonchev–Trinajstić information content (AvgIpc) is 2.40. The Morgan fingerprint density at radius 2 is 1.76 bits per heavy atom. The molecule has 0 atom stereocenters. The van der Waals surface area contributed by atoms with Gasteiger partial charge < -0.3 is 5.10 Å². The smallest absolute Gasteiger partial charge is 0.302 e. The minimum Gasteiger partial charge on any atom is -0.302 e. The highest BCUT2D eigenvalue weighted by molar-refractivity contribution is 6.31. The fraction of sp³-hybridized carbons (Fsp3) is 0.231. The van der Waals surface area contributed by atoms with Crippen molar-refractivity contribution in [3.8, 4) is 0 Å². The molecule has 1 heterocycles. The fourth-order valence-corrected chi connectivity index (χ4v) is 2.04. The Hall–Kier alpha value is -2.02. The van der Waals surface area contributed by atoms with E-state index in [4.69, 9.17) is 11.6 Å². The van der Waals surface area contributed by atoms with Crippen molar-refractivity contribution in [1.82, 2.24) is 10.2 Å². The Morgan fingerprint density at radius 1 is 1.05 bits per heavy atom. The second-order valence-electron chi connectivity index (χ2n) is 4.42. The van der Waals surface area contributed by atoms with E-state index in [1.165, 1.54) is 12.1 Å². The van der Waals surface area contributed by atoms with E-state index in [0.717, 1.165) is 12.1 Å². The van der Waals surface area contributed by atoms with Crippen LogP contribution >= 0.6 is 11.6 Å². The maximum atomic E-state index is 12.7. The zero-order valence-electron chi connectivity index (χ0n) is 10.6. The number of nitrogens with one attached hydrogen (secondary N) is 2. The molecule has 0 saturated carbocycles. The summed E-state index contributed by atoms with van der Waals surface area (Å²) in [6, 6.07) is 4.78. The summed E-state index contributed by atoms with van der Waals surface area (Å²) in [4.78, 5) is 22.1. The number of benzene rings is 1. The summed E-state index contributed by atoms with van der Waals surface area (Å²) in [5.41, 5.74) is -1.50. The third kappa shape index (κ3) is 3.75. The van der Waals surface area contributed by atoms with Crippen molar-refractivity contribution < 1.29 is 13.2 Å². The topological polar surface area (TPSA) is 65.7 Å². The molecule has 0 aliphatic carbocycles. The Bertz CT molecular complexity index is 765. The molecule has 1 aromatic carbocycles. The molecular weight excluding hydrogens is 309 g/mol. The van der Waals surface area contributed by atoms with E-state index in [2.05, 4.69) is 10.2 Å². The van der Waals surface area contributed by atoms with Crippen LogP contribution in [0.2, 0.25) is 5.02 Å². The molecule has 0 radical (unpaired) electrons. The van der Waals surface area contributed by atoms with Crippen LogP contribution in [0.4, 0.5) is 13.2 Å². The quantitative estimate of drug-likeness (QED) is 0.854. The Labute approximate surface area is 121 Å². The molecule has 0 aliphatic heterocycles. The predicted molar refractivity (Wildman–Crippen MR) is 71.5 cm³/mol. The number of alkyl halides is 3. The maximum absolute atomic E-state index is 12.7. The fourth-order valence-electron chi connectivity index (χ4n) is 1.82. The molecule has 0 saturated heterocycles. The van der Waals surface area contributed by atoms with Crippen LogP contribution in [-0.2, 0) is 19.0 Å². The van der Waals surface area contributed by atoms with E-state index >= 15 is 0 Å². The molecular formula is C13H10ClF3N2O2. The number of rotatable bonds is 3. The van der Waals surface area contributed by atoms with E-state index in [1.807, 2.05) is 0 Å². The molecule has 0 unspecified atom stereocenters. The number of aromatic nitrogens is 2. The highest BCUT2D eigenvalue weighted by Crippen LogP contribution is 2.35. The van der Waals surface area contributed by atoms with Gasteiger partial charge in [-0.25, -0.2) is 0 Å². The lowest BCUT2D eigenvalue weighted by Gasteiger charge is -2.10. The highest BCUT2D eigenvalue weighted by Gasteiger charge is 2.33. The standard InChI is InChI=1S/C13H10ClF3N2O2/c14-10-4-2-7(5-9(10)13(15,16)17)1-3-8-6-11(20)12(21)19-18-8/h2,4-6H,1,3H2,(H,18,20)(H,19,21). The Morgan fingerprint density at radius 3 is 2.38 bits per heavy atom. The van der Waals surface area contributed by atoms with Gasteiger partial charge in [0.05, 0.1) is 10.6 Å². The minimum atomic E-state index is -4.51. The second kappa shape index (κ2) is 5.77. The summed E-state index contributed by atoms with van der Waals surface area (Å²) >= 11 is 5.53. The lowest BCUT2D eigenvalue weighted by molar-refractivity contribution is -0.137. The molecule has 0 aliphatic rings. The first-order chi connectivity index (χ1) is 9.77. The number of hydrogen-bond acceptors (Lipinski definition) is 2. The lowest BCUT2D eigenvalue weighted by Crippen LogP contribution is -2.27. The number of H-pyrrole nitrogens is 2. The zero-order valence-corrected chi connectivity index (χ0v) is 11.3. The molecule has 8 heteroatoms. The summed E-state index contributed by atoms with van der Waals surface area (Å²) in [5, 5.41) is 4.32. The van der Waals surface area contributed by atoms with Gasteiger partial charge >= 0.3 is 11.7 Å². The monoisotopic (exact) mass is 318 g/mol. The summed E-state index contributed by atoms with van der Waals surface area (Å²) in [6.45, 7) is 0. The summed E-state index contributed by atoms with van der Waals surface area (Å²) in [5.74, 6) is 0. The van der Waals surface area contributed by atoms with Crippen molar-refractivity contribution in [2.24, 2.45) is 0 Å². The van der Waals surface area contributed by atoms with E-state index < -0.39 is 22.7 Å². The van der Waals surface area contributed by atoms with Gasteiger partial charge in [-0.05, 0) is 30.5 Å². The van der Waals surface area contributed by atoms with Gasteiger partial charge in [0, 0.05) is 11.8 Å². The minimum absolute atomic E-state index is 0.266. The maximum Gasteiger partial charge on any atom is 0.417 e. The van der Waals surface area contributed by atoms with Crippen LogP contribution in [0.1, 0.15) is 16.8 Å². The summed E-state index contributed by atoms with van der Waals surface area (Å²) in [7, 11) is 0. The first-order valence-corrected chi connectivity index (χ1v) is 6.31. The third-order valence-corrected chi connectivity index (χ3v) is 3.21. The molecule has 2 rings (SSSR count). The van der Waals surface area contributed by atoms with Gasteiger partial charge in [0.2, 0.25) is 5.43 Å². The Kier molecular flexibility index (Phi) is 4.22. The third-order valence-electron chi connectivity index (χ3n) is 2.88. The van der Waals surface area contributed by atoms with E-state index in [9.17, 15) is 22.8 Å². The van der Waals surface area contributed by atoms with Crippen molar-refractivity contribution in [3.05, 3.63) is 66.7 Å². The number of aromatic amines is 2. The molecule has 1 aromatic heterocycles. The summed E-state index contributed by atoms with van der Waals surface area (Å²) < 4.78 is 38.2. The van der Waals surface area contributed by atoms with Gasteiger partial charge in [-0.2, -0.15) is 13.2 Å². The Balaban J connectivity index is 2.19. The average molecular weight is 319 g/mol. The van der Waals surface area contributed by atoms with Gasteiger partial charge in [-0.3, -0.25) is 14.7 Å². The van der Waals surface area contributed by atoms with Gasteiger partial charge in [0.25, 0.3) is 0 Å². The van der Waals surface area contributed by atoms with Crippen LogP contribution in [0.5, 0.6) is 0 Å². The van der Waals surface area contributed by atoms with Crippen LogP contribution in [0.25, 0.3) is 0 Å². The predicted octanol–water partition coefficient (Wildman–Crippen LogP) is 2.52. The van der Waals surface area contributed by atoms with Crippen LogP contribution < -0.4 is 11.0 Å². The van der Waals surface area contributed by atoms with Gasteiger partial charge in [0.15, 0.2) is 0 Å². The SMILES string of the molecule is O=c1cc(CCc2ccc(Cl)c(C(F)(F)F)c2)[nH][nH]c1=O. The molecule has 2 N–H and O–H groups in total. The van der Waals surface area contributed by atoms with Crippen molar-refractivity contribution in [2.45, 2.75) is 19.0 Å². The summed E-state index contributed by atoms with van der Waals surface area (Å²) in [6.07, 6.45) is -3.97. The van der Waals surface area contributed by atoms with Crippen LogP contribution in [0.15, 0.2) is 33.9 Å². The van der Waals surface area contributed by atoms with E-state index in [1.54, 1.807) is 0 Å². The largest absolute Gasteiger partial charge is 0.417 e. The molecule has 4 nitrogen and oxygen atoms in total.